The van der Waals surface area contributed by atoms with Gasteiger partial charge in [0.2, 0.25) is 0 Å². The Labute approximate surface area is 154 Å². The highest BCUT2D eigenvalue weighted by Gasteiger charge is 2.28. The number of hydrogen-bond acceptors (Lipinski definition) is 4. The molecule has 134 valence electrons. The second-order valence-corrected chi connectivity index (χ2v) is 8.05. The van der Waals surface area contributed by atoms with E-state index in [0.29, 0.717) is 23.7 Å². The fraction of sp³-hybridized carbons (Fsp3) is 0.526. The Morgan fingerprint density at radius 1 is 1.44 bits per heavy atom. The molecule has 5 nitrogen and oxygen atoms in total. The average molecular weight is 359 g/mol. The van der Waals surface area contributed by atoms with Crippen LogP contribution in [0.3, 0.4) is 0 Å². The van der Waals surface area contributed by atoms with Crippen LogP contribution < -0.4 is 5.32 Å². The van der Waals surface area contributed by atoms with E-state index in [1.165, 1.54) is 0 Å². The Kier molecular flexibility index (Phi) is 5.79. The third-order valence-corrected chi connectivity index (χ3v) is 5.55. The molecule has 2 rings (SSSR count). The van der Waals surface area contributed by atoms with Crippen molar-refractivity contribution in [2.75, 3.05) is 0 Å². The Morgan fingerprint density at radius 3 is 2.60 bits per heavy atom. The molecule has 0 saturated heterocycles. The number of pyridine rings is 1. The summed E-state index contributed by atoms with van der Waals surface area (Å²) < 4.78 is 1.75. The minimum atomic E-state index is -0.629. The number of rotatable bonds is 6. The lowest BCUT2D eigenvalue weighted by molar-refractivity contribution is 0.0913. The molecule has 0 atom stereocenters. The Bertz CT molecular complexity index is 828. The first-order valence-electron chi connectivity index (χ1n) is 8.57. The van der Waals surface area contributed by atoms with E-state index in [4.69, 9.17) is 6.42 Å². The smallest absolute Gasteiger partial charge is 0.255 e. The number of amides is 1. The molecule has 0 aliphatic rings. The van der Waals surface area contributed by atoms with E-state index in [2.05, 4.69) is 35.2 Å². The lowest BCUT2D eigenvalue weighted by atomic mass is 9.93. The maximum Gasteiger partial charge on any atom is 0.255 e. The first kappa shape index (κ1) is 19.3. The average Bonchev–Trinajstić information content (AvgIpc) is 2.87. The highest BCUT2D eigenvalue weighted by atomic mass is 32.2. The van der Waals surface area contributed by atoms with E-state index in [1.54, 1.807) is 22.6 Å². The summed E-state index contributed by atoms with van der Waals surface area (Å²) in [5.74, 6) is 2.57. The second kappa shape index (κ2) is 7.49. The van der Waals surface area contributed by atoms with Crippen LogP contribution in [0.1, 0.15) is 56.6 Å². The molecule has 2 heterocycles. The molecule has 0 aromatic carbocycles. The van der Waals surface area contributed by atoms with E-state index in [1.807, 2.05) is 27.8 Å². The number of hydrogen-bond donors (Lipinski definition) is 1. The van der Waals surface area contributed by atoms with Crippen molar-refractivity contribution in [3.05, 3.63) is 17.5 Å². The first-order chi connectivity index (χ1) is 11.8. The molecule has 0 fully saturated rings. The molecule has 1 amide bonds. The van der Waals surface area contributed by atoms with Crippen molar-refractivity contribution in [1.82, 2.24) is 20.1 Å². The molecule has 0 aliphatic carbocycles. The van der Waals surface area contributed by atoms with Crippen molar-refractivity contribution in [3.8, 4) is 12.3 Å². The SMILES string of the molecule is C#CC(CC)(CC)NC(=O)c1cnc2c(c(C)nn2C)c1SC(C)C. The molecule has 0 bridgehead atoms. The van der Waals surface area contributed by atoms with E-state index < -0.39 is 5.54 Å². The van der Waals surface area contributed by atoms with Gasteiger partial charge in [-0.15, -0.1) is 18.2 Å². The van der Waals surface area contributed by atoms with Crippen LogP contribution in [0.15, 0.2) is 11.1 Å². The third-order valence-electron chi connectivity index (χ3n) is 4.41. The molecule has 0 radical (unpaired) electrons. The van der Waals surface area contributed by atoms with Crippen LogP contribution in [0.4, 0.5) is 0 Å². The molecule has 25 heavy (non-hydrogen) atoms. The van der Waals surface area contributed by atoms with Crippen LogP contribution in [-0.4, -0.2) is 31.5 Å². The molecule has 0 saturated carbocycles. The van der Waals surface area contributed by atoms with Crippen LogP contribution in [-0.2, 0) is 7.05 Å². The number of aromatic nitrogens is 3. The van der Waals surface area contributed by atoms with Gasteiger partial charge in [0.15, 0.2) is 5.65 Å². The Balaban J connectivity index is 2.59. The number of terminal acetylenes is 1. The van der Waals surface area contributed by atoms with Gasteiger partial charge in [0.1, 0.15) is 5.54 Å². The number of nitrogens with one attached hydrogen (secondary N) is 1. The Hall–Kier alpha value is -2.00. The number of thioether (sulfide) groups is 1. The molecule has 6 heteroatoms. The largest absolute Gasteiger partial charge is 0.336 e. The molecule has 2 aromatic rings. The van der Waals surface area contributed by atoms with E-state index >= 15 is 0 Å². The van der Waals surface area contributed by atoms with Gasteiger partial charge in [0.05, 0.1) is 16.6 Å². The lowest BCUT2D eigenvalue weighted by Gasteiger charge is -2.27. The van der Waals surface area contributed by atoms with Gasteiger partial charge in [-0.2, -0.15) is 5.10 Å². The van der Waals surface area contributed by atoms with Crippen molar-refractivity contribution in [3.63, 3.8) is 0 Å². The minimum absolute atomic E-state index is 0.178. The van der Waals surface area contributed by atoms with E-state index in [-0.39, 0.29) is 5.91 Å². The molecule has 0 aliphatic heterocycles. The lowest BCUT2D eigenvalue weighted by Crippen LogP contribution is -2.46. The quantitative estimate of drug-likeness (QED) is 0.632. The number of carbonyl (C=O) groups excluding carboxylic acids is 1. The van der Waals surface area contributed by atoms with Gasteiger partial charge in [0.25, 0.3) is 5.91 Å². The maximum absolute atomic E-state index is 13.0. The summed E-state index contributed by atoms with van der Waals surface area (Å²) in [6, 6.07) is 0. The summed E-state index contributed by atoms with van der Waals surface area (Å²) in [5, 5.41) is 8.77. The van der Waals surface area contributed by atoms with Crippen molar-refractivity contribution < 1.29 is 4.79 Å². The van der Waals surface area contributed by atoms with Crippen LogP contribution in [0.5, 0.6) is 0 Å². The van der Waals surface area contributed by atoms with Crippen LogP contribution in [0, 0.1) is 19.3 Å². The van der Waals surface area contributed by atoms with Crippen LogP contribution >= 0.6 is 11.8 Å². The molecule has 1 N–H and O–H groups in total. The van der Waals surface area contributed by atoms with Crippen molar-refractivity contribution in [2.24, 2.45) is 7.05 Å². The topological polar surface area (TPSA) is 59.8 Å². The zero-order valence-corrected chi connectivity index (χ0v) is 16.6. The van der Waals surface area contributed by atoms with Crippen molar-refractivity contribution in [2.45, 2.75) is 63.1 Å². The van der Waals surface area contributed by atoms with E-state index in [0.717, 1.165) is 21.6 Å². The maximum atomic E-state index is 13.0. The summed E-state index contributed by atoms with van der Waals surface area (Å²) in [7, 11) is 1.86. The number of aryl methyl sites for hydroxylation is 2. The monoisotopic (exact) mass is 358 g/mol. The molecular weight excluding hydrogens is 332 g/mol. The normalized spacial score (nSPS) is 11.8. The van der Waals surface area contributed by atoms with Crippen LogP contribution in [0.25, 0.3) is 11.0 Å². The summed E-state index contributed by atoms with van der Waals surface area (Å²) in [6.45, 7) is 10.1. The number of carbonyl (C=O) groups is 1. The summed E-state index contributed by atoms with van der Waals surface area (Å²) >= 11 is 1.65. The molecule has 0 spiro atoms. The van der Waals surface area contributed by atoms with Gasteiger partial charge in [-0.25, -0.2) is 4.98 Å². The summed E-state index contributed by atoms with van der Waals surface area (Å²) in [6.07, 6.45) is 8.69. The molecule has 0 unspecified atom stereocenters. The highest BCUT2D eigenvalue weighted by Crippen LogP contribution is 2.35. The molecule has 2 aromatic heterocycles. The van der Waals surface area contributed by atoms with E-state index in [9.17, 15) is 4.79 Å². The predicted molar refractivity (Wildman–Crippen MR) is 104 cm³/mol. The third kappa shape index (κ3) is 3.67. The molecular formula is C19H26N4OS. The van der Waals surface area contributed by atoms with Crippen molar-refractivity contribution in [1.29, 1.82) is 0 Å². The number of fused-ring (bicyclic) bond motifs is 1. The van der Waals surface area contributed by atoms with Crippen LogP contribution in [0.2, 0.25) is 0 Å². The zero-order chi connectivity index (χ0) is 18.8. The minimum Gasteiger partial charge on any atom is -0.336 e. The van der Waals surface area contributed by atoms with Gasteiger partial charge in [0, 0.05) is 23.4 Å². The number of nitrogens with zero attached hydrogens (tertiary/aromatic N) is 3. The van der Waals surface area contributed by atoms with Gasteiger partial charge in [-0.05, 0) is 19.8 Å². The van der Waals surface area contributed by atoms with Gasteiger partial charge >= 0.3 is 0 Å². The highest BCUT2D eigenvalue weighted by molar-refractivity contribution is 8.00. The Morgan fingerprint density at radius 2 is 2.08 bits per heavy atom. The fourth-order valence-corrected chi connectivity index (χ4v) is 3.95. The van der Waals surface area contributed by atoms with Crippen molar-refractivity contribution >= 4 is 28.7 Å². The summed E-state index contributed by atoms with van der Waals surface area (Å²) in [4.78, 5) is 18.4. The second-order valence-electron chi connectivity index (χ2n) is 6.46. The van der Waals surface area contributed by atoms with Gasteiger partial charge in [-0.3, -0.25) is 9.48 Å². The van der Waals surface area contributed by atoms with Gasteiger partial charge < -0.3 is 5.32 Å². The fourth-order valence-electron chi connectivity index (χ4n) is 2.85. The zero-order valence-electron chi connectivity index (χ0n) is 15.8. The predicted octanol–water partition coefficient (Wildman–Crippen LogP) is 3.70. The standard InChI is InChI=1S/C19H26N4OS/c1-8-19(9-2,10-3)21-18(24)14-11-20-17-15(13(6)22-23(17)7)16(14)25-12(4)5/h1,11-12H,9-10H2,2-7H3,(H,21,24). The first-order valence-corrected chi connectivity index (χ1v) is 9.45. The summed E-state index contributed by atoms with van der Waals surface area (Å²) in [5.41, 5.74) is 1.59. The van der Waals surface area contributed by atoms with Gasteiger partial charge in [-0.1, -0.05) is 33.6 Å².